The highest BCUT2D eigenvalue weighted by Crippen LogP contribution is 2.28. The standard InChI is InChI=1S/C21H29N7O3/c1-4-31-16-5-6-18-15(13-16)14-17(21(29)22-18)19(27-9-7-26(2)8-10-27)20-23-24-25-28(20)11-12-30-3/h5-6,13-14,19H,4,7-12H2,1-3H3,(H,22,29)/t19-/m1/s1. The number of nitrogens with zero attached hydrogens (tertiary/aromatic N) is 6. The molecule has 0 amide bonds. The molecule has 1 saturated heterocycles. The van der Waals surface area contributed by atoms with Crippen LogP contribution in [-0.2, 0) is 11.3 Å². The van der Waals surface area contributed by atoms with Crippen LogP contribution in [0.25, 0.3) is 10.9 Å². The number of aromatic nitrogens is 5. The van der Waals surface area contributed by atoms with Gasteiger partial charge in [0.25, 0.3) is 5.56 Å². The van der Waals surface area contributed by atoms with Gasteiger partial charge in [0, 0.05) is 49.8 Å². The van der Waals surface area contributed by atoms with E-state index in [0.717, 1.165) is 42.8 Å². The van der Waals surface area contributed by atoms with Crippen LogP contribution < -0.4 is 10.3 Å². The van der Waals surface area contributed by atoms with Gasteiger partial charge in [-0.05, 0) is 48.7 Å². The monoisotopic (exact) mass is 427 g/mol. The Morgan fingerprint density at radius 3 is 2.74 bits per heavy atom. The van der Waals surface area contributed by atoms with E-state index in [1.54, 1.807) is 11.8 Å². The molecule has 10 nitrogen and oxygen atoms in total. The van der Waals surface area contributed by atoms with Crippen LogP contribution in [-0.4, -0.2) is 88.5 Å². The number of H-pyrrole nitrogens is 1. The van der Waals surface area contributed by atoms with Gasteiger partial charge < -0.3 is 19.4 Å². The number of aromatic amines is 1. The minimum atomic E-state index is -0.357. The number of pyridine rings is 1. The summed E-state index contributed by atoms with van der Waals surface area (Å²) < 4.78 is 12.6. The second-order valence-corrected chi connectivity index (χ2v) is 7.73. The van der Waals surface area contributed by atoms with Crippen molar-refractivity contribution in [2.24, 2.45) is 0 Å². The molecular weight excluding hydrogens is 398 g/mol. The molecule has 3 aromatic rings. The predicted molar refractivity (Wildman–Crippen MR) is 116 cm³/mol. The third-order valence-corrected chi connectivity index (χ3v) is 5.66. The number of benzene rings is 1. The molecule has 4 rings (SSSR count). The van der Waals surface area contributed by atoms with Crippen molar-refractivity contribution in [3.05, 3.63) is 46.0 Å². The molecule has 0 radical (unpaired) electrons. The second kappa shape index (κ2) is 9.54. The normalized spacial score (nSPS) is 16.6. The van der Waals surface area contributed by atoms with Crippen molar-refractivity contribution < 1.29 is 9.47 Å². The van der Waals surface area contributed by atoms with E-state index in [0.29, 0.717) is 31.1 Å². The van der Waals surface area contributed by atoms with Crippen LogP contribution >= 0.6 is 0 Å². The highest BCUT2D eigenvalue weighted by atomic mass is 16.5. The zero-order valence-corrected chi connectivity index (χ0v) is 18.2. The predicted octanol–water partition coefficient (Wildman–Crippen LogP) is 0.897. The van der Waals surface area contributed by atoms with Gasteiger partial charge in [0.05, 0.1) is 19.8 Å². The van der Waals surface area contributed by atoms with Crippen LogP contribution in [0.4, 0.5) is 0 Å². The number of ether oxygens (including phenoxy) is 2. The molecule has 2 aromatic heterocycles. The van der Waals surface area contributed by atoms with Crippen molar-refractivity contribution in [3.8, 4) is 5.75 Å². The molecule has 10 heteroatoms. The van der Waals surface area contributed by atoms with Crippen molar-refractivity contribution >= 4 is 10.9 Å². The number of rotatable bonds is 8. The summed E-state index contributed by atoms with van der Waals surface area (Å²) in [6.07, 6.45) is 0. The van der Waals surface area contributed by atoms with E-state index in [9.17, 15) is 4.79 Å². The molecule has 1 fully saturated rings. The Kier molecular flexibility index (Phi) is 6.59. The maximum atomic E-state index is 13.2. The Hall–Kier alpha value is -2.82. The Bertz CT molecular complexity index is 1070. The van der Waals surface area contributed by atoms with Crippen molar-refractivity contribution in [3.63, 3.8) is 0 Å². The largest absolute Gasteiger partial charge is 0.494 e. The Balaban J connectivity index is 1.81. The number of piperazine rings is 1. The fraction of sp³-hybridized carbons (Fsp3) is 0.524. The maximum absolute atomic E-state index is 13.2. The molecule has 0 bridgehead atoms. The Labute approximate surface area is 180 Å². The summed E-state index contributed by atoms with van der Waals surface area (Å²) in [5, 5.41) is 13.3. The summed E-state index contributed by atoms with van der Waals surface area (Å²) in [7, 11) is 3.75. The lowest BCUT2D eigenvalue weighted by Gasteiger charge is -2.37. The Morgan fingerprint density at radius 2 is 2.00 bits per heavy atom. The lowest BCUT2D eigenvalue weighted by Crippen LogP contribution is -2.47. The Morgan fingerprint density at radius 1 is 1.19 bits per heavy atom. The van der Waals surface area contributed by atoms with E-state index in [-0.39, 0.29) is 11.6 Å². The van der Waals surface area contributed by atoms with Gasteiger partial charge >= 0.3 is 0 Å². The van der Waals surface area contributed by atoms with E-state index in [1.165, 1.54) is 0 Å². The van der Waals surface area contributed by atoms with Crippen molar-refractivity contribution in [1.82, 2.24) is 35.0 Å². The number of nitrogens with one attached hydrogen (secondary N) is 1. The topological polar surface area (TPSA) is 101 Å². The molecule has 0 spiro atoms. The zero-order valence-electron chi connectivity index (χ0n) is 18.2. The van der Waals surface area contributed by atoms with Gasteiger partial charge in [0.15, 0.2) is 5.82 Å². The van der Waals surface area contributed by atoms with Gasteiger partial charge in [-0.15, -0.1) is 5.10 Å². The molecule has 1 N–H and O–H groups in total. The highest BCUT2D eigenvalue weighted by Gasteiger charge is 2.32. The minimum absolute atomic E-state index is 0.137. The SMILES string of the molecule is CCOc1ccc2[nH]c(=O)c([C@H](c3nnnn3CCOC)N3CCN(C)CC3)cc2c1. The molecule has 1 aliphatic heterocycles. The number of hydrogen-bond donors (Lipinski definition) is 1. The number of methoxy groups -OCH3 is 1. The second-order valence-electron chi connectivity index (χ2n) is 7.73. The first-order valence-electron chi connectivity index (χ1n) is 10.6. The van der Waals surface area contributed by atoms with E-state index >= 15 is 0 Å². The van der Waals surface area contributed by atoms with E-state index < -0.39 is 0 Å². The third kappa shape index (κ3) is 4.60. The molecule has 3 heterocycles. The van der Waals surface area contributed by atoms with Gasteiger partial charge in [-0.1, -0.05) is 0 Å². The zero-order chi connectivity index (χ0) is 21.8. The molecule has 166 valence electrons. The fourth-order valence-corrected chi connectivity index (χ4v) is 3.98. The molecule has 1 aromatic carbocycles. The first-order chi connectivity index (χ1) is 15.1. The molecular formula is C21H29N7O3. The van der Waals surface area contributed by atoms with E-state index in [1.807, 2.05) is 31.2 Å². The molecule has 0 unspecified atom stereocenters. The summed E-state index contributed by atoms with van der Waals surface area (Å²) in [5.74, 6) is 1.42. The van der Waals surface area contributed by atoms with Gasteiger partial charge in [-0.25, -0.2) is 4.68 Å². The molecule has 31 heavy (non-hydrogen) atoms. The molecule has 1 atom stereocenters. The van der Waals surface area contributed by atoms with Crippen LogP contribution in [0, 0.1) is 0 Å². The number of likely N-dealkylation sites (N-methyl/N-ethyl adjacent to an activating group) is 1. The number of tetrazole rings is 1. The van der Waals surface area contributed by atoms with Crippen LogP contribution in [0.3, 0.4) is 0 Å². The molecule has 0 aliphatic carbocycles. The van der Waals surface area contributed by atoms with Crippen LogP contribution in [0.1, 0.15) is 24.4 Å². The summed E-state index contributed by atoms with van der Waals surface area (Å²) in [6.45, 7) is 6.99. The smallest absolute Gasteiger partial charge is 0.253 e. The first kappa shape index (κ1) is 21.4. The summed E-state index contributed by atoms with van der Waals surface area (Å²) >= 11 is 0. The lowest BCUT2D eigenvalue weighted by atomic mass is 10.0. The lowest BCUT2D eigenvalue weighted by molar-refractivity contribution is 0.119. The van der Waals surface area contributed by atoms with Crippen LogP contribution in [0.15, 0.2) is 29.1 Å². The summed E-state index contributed by atoms with van der Waals surface area (Å²) in [6, 6.07) is 7.27. The summed E-state index contributed by atoms with van der Waals surface area (Å²) in [4.78, 5) is 20.8. The average Bonchev–Trinajstić information content (AvgIpc) is 3.22. The van der Waals surface area contributed by atoms with Crippen molar-refractivity contribution in [2.75, 3.05) is 53.6 Å². The van der Waals surface area contributed by atoms with E-state index in [4.69, 9.17) is 9.47 Å². The van der Waals surface area contributed by atoms with Crippen molar-refractivity contribution in [2.45, 2.75) is 19.5 Å². The van der Waals surface area contributed by atoms with Gasteiger partial charge in [0.1, 0.15) is 11.8 Å². The van der Waals surface area contributed by atoms with Crippen LogP contribution in [0.2, 0.25) is 0 Å². The highest BCUT2D eigenvalue weighted by molar-refractivity contribution is 5.80. The molecule has 0 saturated carbocycles. The van der Waals surface area contributed by atoms with Crippen LogP contribution in [0.5, 0.6) is 5.75 Å². The summed E-state index contributed by atoms with van der Waals surface area (Å²) in [5.41, 5.74) is 1.26. The number of hydrogen-bond acceptors (Lipinski definition) is 8. The van der Waals surface area contributed by atoms with Gasteiger partial charge in [-0.3, -0.25) is 9.69 Å². The third-order valence-electron chi connectivity index (χ3n) is 5.66. The van der Waals surface area contributed by atoms with Gasteiger partial charge in [0.2, 0.25) is 0 Å². The maximum Gasteiger partial charge on any atom is 0.253 e. The van der Waals surface area contributed by atoms with Gasteiger partial charge in [-0.2, -0.15) is 0 Å². The minimum Gasteiger partial charge on any atom is -0.494 e. The first-order valence-corrected chi connectivity index (χ1v) is 10.6. The van der Waals surface area contributed by atoms with Crippen molar-refractivity contribution in [1.29, 1.82) is 0 Å². The average molecular weight is 428 g/mol. The quantitative estimate of drug-likeness (QED) is 0.566. The van der Waals surface area contributed by atoms with E-state index in [2.05, 4.69) is 37.4 Å². The number of fused-ring (bicyclic) bond motifs is 1. The fourth-order valence-electron chi connectivity index (χ4n) is 3.98. The molecule has 1 aliphatic rings.